The zero-order valence-corrected chi connectivity index (χ0v) is 19.3. The number of carbonyl (C=O) groups is 2. The van der Waals surface area contributed by atoms with Crippen molar-refractivity contribution in [3.8, 4) is 0 Å². The van der Waals surface area contributed by atoms with Gasteiger partial charge in [0.15, 0.2) is 0 Å². The van der Waals surface area contributed by atoms with Crippen molar-refractivity contribution >= 4 is 57.2 Å². The van der Waals surface area contributed by atoms with Crippen LogP contribution < -0.4 is 10.6 Å². The number of aryl methyl sites for hydroxylation is 2. The predicted octanol–water partition coefficient (Wildman–Crippen LogP) is 6.08. The number of rotatable bonds is 6. The van der Waals surface area contributed by atoms with Crippen molar-refractivity contribution in [1.82, 2.24) is 9.78 Å². The van der Waals surface area contributed by atoms with E-state index in [9.17, 15) is 9.59 Å². The number of aromatic nitrogens is 2. The molecule has 3 aromatic heterocycles. The average molecular weight is 465 g/mol. The van der Waals surface area contributed by atoms with Crippen LogP contribution in [0.5, 0.6) is 0 Å². The van der Waals surface area contributed by atoms with E-state index < -0.39 is 0 Å². The normalized spacial score (nSPS) is 11.1. The summed E-state index contributed by atoms with van der Waals surface area (Å²) >= 11 is 2.70. The van der Waals surface area contributed by atoms with Crippen LogP contribution >= 0.6 is 22.7 Å². The van der Waals surface area contributed by atoms with Crippen LogP contribution in [0.25, 0.3) is 0 Å². The molecule has 0 aliphatic heterocycles. The van der Waals surface area contributed by atoms with E-state index in [1.165, 1.54) is 22.7 Å². The summed E-state index contributed by atoms with van der Waals surface area (Å²) in [4.78, 5) is 26.3. The molecule has 0 radical (unpaired) electrons. The average Bonchev–Trinajstić information content (AvgIpc) is 3.52. The molecule has 0 aliphatic carbocycles. The highest BCUT2D eigenvalue weighted by Crippen LogP contribution is 2.32. The lowest BCUT2D eigenvalue weighted by atomic mass is 10.2. The molecule has 0 unspecified atom stereocenters. The van der Waals surface area contributed by atoms with Crippen LogP contribution in [0.2, 0.25) is 0 Å². The molecular formula is C22H20N6O2S2. The number of anilines is 2. The van der Waals surface area contributed by atoms with E-state index in [1.807, 2.05) is 43.8 Å². The van der Waals surface area contributed by atoms with E-state index in [-0.39, 0.29) is 11.8 Å². The zero-order valence-electron chi connectivity index (χ0n) is 17.6. The highest BCUT2D eigenvalue weighted by molar-refractivity contribution is 7.12. The second-order valence-corrected chi connectivity index (χ2v) is 8.83. The Hall–Kier alpha value is -3.63. The number of benzene rings is 1. The Morgan fingerprint density at radius 3 is 2.16 bits per heavy atom. The van der Waals surface area contributed by atoms with Gasteiger partial charge in [0.2, 0.25) is 0 Å². The van der Waals surface area contributed by atoms with Crippen molar-refractivity contribution in [2.75, 3.05) is 10.6 Å². The molecule has 0 fully saturated rings. The van der Waals surface area contributed by atoms with Crippen LogP contribution in [0.15, 0.2) is 63.5 Å². The van der Waals surface area contributed by atoms with E-state index in [0.29, 0.717) is 32.5 Å². The maximum absolute atomic E-state index is 12.7. The smallest absolute Gasteiger partial charge is 0.265 e. The molecule has 162 valence electrons. The number of hydrogen-bond donors (Lipinski definition) is 2. The Kier molecular flexibility index (Phi) is 6.24. The lowest BCUT2D eigenvalue weighted by Gasteiger charge is -2.10. The topological polar surface area (TPSA) is 101 Å². The second kappa shape index (κ2) is 9.25. The van der Waals surface area contributed by atoms with Crippen LogP contribution in [0.3, 0.4) is 0 Å². The molecule has 1 aromatic carbocycles. The molecule has 2 amide bonds. The molecule has 3 heterocycles. The first-order valence-corrected chi connectivity index (χ1v) is 11.4. The third-order valence-corrected chi connectivity index (χ3v) is 6.46. The molecule has 32 heavy (non-hydrogen) atoms. The van der Waals surface area contributed by atoms with Crippen molar-refractivity contribution in [3.63, 3.8) is 0 Å². The summed E-state index contributed by atoms with van der Waals surface area (Å²) < 4.78 is 1.74. The maximum Gasteiger partial charge on any atom is 0.265 e. The Morgan fingerprint density at radius 2 is 1.59 bits per heavy atom. The largest absolute Gasteiger partial charge is 0.321 e. The van der Waals surface area contributed by atoms with Gasteiger partial charge in [-0.15, -0.1) is 32.9 Å². The van der Waals surface area contributed by atoms with E-state index in [2.05, 4.69) is 26.0 Å². The van der Waals surface area contributed by atoms with Gasteiger partial charge in [-0.2, -0.15) is 5.10 Å². The van der Waals surface area contributed by atoms with Crippen LogP contribution in [0.1, 0.15) is 30.7 Å². The van der Waals surface area contributed by atoms with Gasteiger partial charge in [0.25, 0.3) is 11.8 Å². The molecule has 2 N–H and O–H groups in total. The number of nitrogens with zero attached hydrogens (tertiary/aromatic N) is 4. The summed E-state index contributed by atoms with van der Waals surface area (Å²) in [6, 6.07) is 12.2. The number of thiophene rings is 2. The third-order valence-electron chi connectivity index (χ3n) is 4.72. The van der Waals surface area contributed by atoms with E-state index in [4.69, 9.17) is 0 Å². The van der Waals surface area contributed by atoms with Crippen LogP contribution in [-0.4, -0.2) is 21.6 Å². The number of hydrogen-bond acceptors (Lipinski definition) is 7. The van der Waals surface area contributed by atoms with Crippen molar-refractivity contribution in [3.05, 3.63) is 74.4 Å². The van der Waals surface area contributed by atoms with Gasteiger partial charge < -0.3 is 10.6 Å². The fourth-order valence-electron chi connectivity index (χ4n) is 3.00. The maximum atomic E-state index is 12.7. The van der Waals surface area contributed by atoms with Crippen molar-refractivity contribution < 1.29 is 9.59 Å². The second-order valence-electron chi connectivity index (χ2n) is 6.94. The predicted molar refractivity (Wildman–Crippen MR) is 128 cm³/mol. The molecule has 4 aromatic rings. The fraction of sp³-hybridized carbons (Fsp3) is 0.136. The highest BCUT2D eigenvalue weighted by atomic mass is 32.1. The first-order chi connectivity index (χ1) is 15.4. The van der Waals surface area contributed by atoms with Gasteiger partial charge in [-0.05, 0) is 54.9 Å². The Bertz CT molecular complexity index is 1290. The Labute approximate surface area is 192 Å². The van der Waals surface area contributed by atoms with Crippen molar-refractivity contribution in [1.29, 1.82) is 0 Å². The van der Waals surface area contributed by atoms with E-state index >= 15 is 0 Å². The number of azo groups is 1. The van der Waals surface area contributed by atoms with Crippen molar-refractivity contribution in [2.24, 2.45) is 17.3 Å². The van der Waals surface area contributed by atoms with E-state index in [0.717, 1.165) is 11.4 Å². The van der Waals surface area contributed by atoms with Crippen LogP contribution in [-0.2, 0) is 7.05 Å². The highest BCUT2D eigenvalue weighted by Gasteiger charge is 2.14. The van der Waals surface area contributed by atoms with Gasteiger partial charge in [-0.1, -0.05) is 12.1 Å². The first kappa shape index (κ1) is 21.6. The molecule has 4 rings (SSSR count). The van der Waals surface area contributed by atoms with Crippen LogP contribution in [0, 0.1) is 13.8 Å². The zero-order chi connectivity index (χ0) is 22.7. The standard InChI is InChI=1S/C22H20N6O2S2/c1-13-20(14(2)28(3)27-13)26-25-16-9-8-15(23-21(29)18-6-4-10-31-18)12-17(16)24-22(30)19-7-5-11-32-19/h4-12H,1-3H3,(H,23,29)(H,24,30). The molecular weight excluding hydrogens is 444 g/mol. The first-order valence-electron chi connectivity index (χ1n) is 9.68. The lowest BCUT2D eigenvalue weighted by Crippen LogP contribution is -2.12. The summed E-state index contributed by atoms with van der Waals surface area (Å²) in [5.41, 5.74) is 3.77. The van der Waals surface area contributed by atoms with Gasteiger partial charge in [-0.25, -0.2) is 0 Å². The summed E-state index contributed by atoms with van der Waals surface area (Å²) in [5.74, 6) is -0.474. The summed E-state index contributed by atoms with van der Waals surface area (Å²) in [6.45, 7) is 3.78. The molecule has 0 saturated carbocycles. The number of nitrogens with one attached hydrogen (secondary N) is 2. The summed E-state index contributed by atoms with van der Waals surface area (Å²) in [7, 11) is 1.85. The van der Waals surface area contributed by atoms with Gasteiger partial charge >= 0.3 is 0 Å². The molecule has 0 atom stereocenters. The molecule has 0 aliphatic rings. The van der Waals surface area contributed by atoms with Gasteiger partial charge in [0, 0.05) is 12.7 Å². The minimum absolute atomic E-state index is 0.216. The Balaban J connectivity index is 1.65. The molecule has 10 heteroatoms. The minimum Gasteiger partial charge on any atom is -0.321 e. The number of amides is 2. The van der Waals surface area contributed by atoms with Gasteiger partial charge in [-0.3, -0.25) is 14.3 Å². The quantitative estimate of drug-likeness (QED) is 0.338. The fourth-order valence-corrected chi connectivity index (χ4v) is 4.24. The van der Waals surface area contributed by atoms with Crippen LogP contribution in [0.4, 0.5) is 22.7 Å². The summed E-state index contributed by atoms with van der Waals surface area (Å²) in [5, 5.41) is 22.5. The Morgan fingerprint density at radius 1 is 0.938 bits per heavy atom. The van der Waals surface area contributed by atoms with Gasteiger partial charge in [0.05, 0.1) is 26.8 Å². The minimum atomic E-state index is -0.257. The summed E-state index contributed by atoms with van der Waals surface area (Å²) in [6.07, 6.45) is 0. The molecule has 0 spiro atoms. The lowest BCUT2D eigenvalue weighted by molar-refractivity contribution is 0.102. The molecule has 0 saturated heterocycles. The SMILES string of the molecule is Cc1nn(C)c(C)c1N=Nc1ccc(NC(=O)c2cccs2)cc1NC(=O)c1cccs1. The van der Waals surface area contributed by atoms with Crippen molar-refractivity contribution in [2.45, 2.75) is 13.8 Å². The monoisotopic (exact) mass is 464 g/mol. The number of carbonyl (C=O) groups excluding carboxylic acids is 2. The van der Waals surface area contributed by atoms with Gasteiger partial charge in [0.1, 0.15) is 11.4 Å². The molecule has 8 nitrogen and oxygen atoms in total. The third kappa shape index (κ3) is 4.66. The molecule has 0 bridgehead atoms. The van der Waals surface area contributed by atoms with E-state index in [1.54, 1.807) is 35.0 Å².